The van der Waals surface area contributed by atoms with Gasteiger partial charge in [-0.25, -0.2) is 4.79 Å². The summed E-state index contributed by atoms with van der Waals surface area (Å²) < 4.78 is 6.06. The molecule has 102 valence electrons. The smallest absolute Gasteiger partial charge is 0.408 e. The molecule has 1 rings (SSSR count). The first kappa shape index (κ1) is 15.5. The summed E-state index contributed by atoms with van der Waals surface area (Å²) in [5.41, 5.74) is 0.563. The third-order valence-corrected chi connectivity index (χ3v) is 2.73. The minimum atomic E-state index is -0.788. The SMILES string of the molecule is CC(C)(C)NC(=O)OC(C#N)Cc1ccc(Br)cc1. The maximum absolute atomic E-state index is 11.6. The Kier molecular flexibility index (Phi) is 5.37. The van der Waals surface area contributed by atoms with Crippen LogP contribution in [-0.4, -0.2) is 17.7 Å². The van der Waals surface area contributed by atoms with Crippen molar-refractivity contribution in [3.05, 3.63) is 34.3 Å². The Labute approximate surface area is 121 Å². The molecular weight excluding hydrogens is 308 g/mol. The summed E-state index contributed by atoms with van der Waals surface area (Å²) in [7, 11) is 0. The van der Waals surface area contributed by atoms with Crippen LogP contribution in [0.15, 0.2) is 28.7 Å². The monoisotopic (exact) mass is 324 g/mol. The Bertz CT molecular complexity index is 472. The predicted octanol–water partition coefficient (Wildman–Crippen LogP) is 3.41. The summed E-state index contributed by atoms with van der Waals surface area (Å²) in [6, 6.07) is 9.54. The van der Waals surface area contributed by atoms with Gasteiger partial charge in [0.15, 0.2) is 6.10 Å². The van der Waals surface area contributed by atoms with Gasteiger partial charge >= 0.3 is 6.09 Å². The van der Waals surface area contributed by atoms with E-state index in [-0.39, 0.29) is 5.54 Å². The summed E-state index contributed by atoms with van der Waals surface area (Å²) in [4.78, 5) is 11.6. The van der Waals surface area contributed by atoms with Crippen molar-refractivity contribution >= 4 is 22.0 Å². The summed E-state index contributed by atoms with van der Waals surface area (Å²) in [6.07, 6.45) is -0.985. The number of amides is 1. The van der Waals surface area contributed by atoms with Crippen molar-refractivity contribution in [3.8, 4) is 6.07 Å². The number of rotatable bonds is 3. The number of carbonyl (C=O) groups is 1. The fourth-order valence-electron chi connectivity index (χ4n) is 1.41. The maximum Gasteiger partial charge on any atom is 0.408 e. The number of hydrogen-bond donors (Lipinski definition) is 1. The number of nitrogens with one attached hydrogen (secondary N) is 1. The molecule has 1 unspecified atom stereocenters. The van der Waals surface area contributed by atoms with Gasteiger partial charge in [0.1, 0.15) is 6.07 Å². The van der Waals surface area contributed by atoms with Gasteiger partial charge in [0.25, 0.3) is 0 Å². The lowest BCUT2D eigenvalue weighted by molar-refractivity contribution is 0.115. The highest BCUT2D eigenvalue weighted by Crippen LogP contribution is 2.13. The van der Waals surface area contributed by atoms with Gasteiger partial charge in [0, 0.05) is 16.4 Å². The fourth-order valence-corrected chi connectivity index (χ4v) is 1.68. The quantitative estimate of drug-likeness (QED) is 0.926. The summed E-state index contributed by atoms with van der Waals surface area (Å²) in [5, 5.41) is 11.7. The highest BCUT2D eigenvalue weighted by molar-refractivity contribution is 9.10. The van der Waals surface area contributed by atoms with Gasteiger partial charge in [0.2, 0.25) is 0 Å². The Morgan fingerprint density at radius 2 is 2.00 bits per heavy atom. The van der Waals surface area contributed by atoms with Crippen molar-refractivity contribution in [1.29, 1.82) is 5.26 Å². The molecule has 0 saturated carbocycles. The van der Waals surface area contributed by atoms with E-state index in [0.29, 0.717) is 6.42 Å². The third kappa shape index (κ3) is 6.25. The Hall–Kier alpha value is -1.54. The average molecular weight is 325 g/mol. The molecule has 1 aromatic rings. The molecule has 0 aliphatic rings. The van der Waals surface area contributed by atoms with Gasteiger partial charge < -0.3 is 10.1 Å². The summed E-state index contributed by atoms with van der Waals surface area (Å²) in [5.74, 6) is 0. The Balaban J connectivity index is 2.57. The second kappa shape index (κ2) is 6.58. The highest BCUT2D eigenvalue weighted by Gasteiger charge is 2.19. The normalized spacial score (nSPS) is 12.4. The molecule has 1 amide bonds. The number of benzene rings is 1. The lowest BCUT2D eigenvalue weighted by Crippen LogP contribution is -2.42. The van der Waals surface area contributed by atoms with Crippen molar-refractivity contribution < 1.29 is 9.53 Å². The minimum absolute atomic E-state index is 0.376. The predicted molar refractivity (Wildman–Crippen MR) is 76.6 cm³/mol. The molecule has 0 bridgehead atoms. The van der Waals surface area contributed by atoms with E-state index in [1.165, 1.54) is 0 Å². The topological polar surface area (TPSA) is 62.1 Å². The molecule has 0 saturated heterocycles. The molecule has 0 aliphatic carbocycles. The molecule has 0 spiro atoms. The van der Waals surface area contributed by atoms with Crippen LogP contribution in [0.4, 0.5) is 4.79 Å². The van der Waals surface area contributed by atoms with E-state index < -0.39 is 12.2 Å². The molecule has 0 aromatic heterocycles. The number of nitrogens with zero attached hydrogens (tertiary/aromatic N) is 1. The van der Waals surface area contributed by atoms with Crippen molar-refractivity contribution in [3.63, 3.8) is 0 Å². The van der Waals surface area contributed by atoms with Crippen molar-refractivity contribution in [1.82, 2.24) is 5.32 Å². The molecule has 0 aliphatic heterocycles. The molecule has 0 radical (unpaired) electrons. The lowest BCUT2D eigenvalue weighted by Gasteiger charge is -2.21. The summed E-state index contributed by atoms with van der Waals surface area (Å²) >= 11 is 3.34. The van der Waals surface area contributed by atoms with Gasteiger partial charge in [0.05, 0.1) is 0 Å². The number of halogens is 1. The van der Waals surface area contributed by atoms with Crippen LogP contribution in [0.1, 0.15) is 26.3 Å². The number of nitriles is 1. The fraction of sp³-hybridized carbons (Fsp3) is 0.429. The number of carbonyl (C=O) groups excluding carboxylic acids is 1. The van der Waals surface area contributed by atoms with Crippen LogP contribution in [0.25, 0.3) is 0 Å². The van der Waals surface area contributed by atoms with E-state index in [1.54, 1.807) is 0 Å². The third-order valence-electron chi connectivity index (χ3n) is 2.20. The molecule has 4 nitrogen and oxygen atoms in total. The Morgan fingerprint density at radius 3 is 2.47 bits per heavy atom. The van der Waals surface area contributed by atoms with Gasteiger partial charge in [-0.05, 0) is 38.5 Å². The molecule has 5 heteroatoms. The number of hydrogen-bond acceptors (Lipinski definition) is 3. The van der Waals surface area contributed by atoms with Crippen LogP contribution in [0, 0.1) is 11.3 Å². The zero-order chi connectivity index (χ0) is 14.5. The maximum atomic E-state index is 11.6. The van der Waals surface area contributed by atoms with Crippen molar-refractivity contribution in [2.24, 2.45) is 0 Å². The van der Waals surface area contributed by atoms with Crippen LogP contribution in [0.5, 0.6) is 0 Å². The van der Waals surface area contributed by atoms with E-state index in [4.69, 9.17) is 10.00 Å². The first-order valence-corrected chi connectivity index (χ1v) is 6.72. The van der Waals surface area contributed by atoms with Crippen LogP contribution in [-0.2, 0) is 11.2 Å². The molecule has 1 atom stereocenters. The molecule has 1 N–H and O–H groups in total. The van der Waals surface area contributed by atoms with Gasteiger partial charge in [-0.2, -0.15) is 5.26 Å². The zero-order valence-electron chi connectivity index (χ0n) is 11.2. The van der Waals surface area contributed by atoms with Crippen molar-refractivity contribution in [2.45, 2.75) is 38.8 Å². The minimum Gasteiger partial charge on any atom is -0.430 e. The molecule has 0 fully saturated rings. The Morgan fingerprint density at radius 1 is 1.42 bits per heavy atom. The average Bonchev–Trinajstić information content (AvgIpc) is 2.28. The van der Waals surface area contributed by atoms with Gasteiger partial charge in [-0.15, -0.1) is 0 Å². The lowest BCUT2D eigenvalue weighted by atomic mass is 10.1. The van der Waals surface area contributed by atoms with Crippen LogP contribution < -0.4 is 5.32 Å². The van der Waals surface area contributed by atoms with E-state index in [1.807, 2.05) is 51.1 Å². The first-order valence-electron chi connectivity index (χ1n) is 5.93. The van der Waals surface area contributed by atoms with Crippen LogP contribution in [0.2, 0.25) is 0 Å². The van der Waals surface area contributed by atoms with Gasteiger partial charge in [-0.3, -0.25) is 0 Å². The second-order valence-electron chi connectivity index (χ2n) is 5.23. The van der Waals surface area contributed by atoms with E-state index in [0.717, 1.165) is 10.0 Å². The van der Waals surface area contributed by atoms with E-state index in [2.05, 4.69) is 21.2 Å². The highest BCUT2D eigenvalue weighted by atomic mass is 79.9. The standard InChI is InChI=1S/C14H17BrN2O2/c1-14(2,3)17-13(18)19-12(9-16)8-10-4-6-11(15)7-5-10/h4-7,12H,8H2,1-3H3,(H,17,18). The van der Waals surface area contributed by atoms with Crippen molar-refractivity contribution in [2.75, 3.05) is 0 Å². The molecule has 19 heavy (non-hydrogen) atoms. The summed E-state index contributed by atoms with van der Waals surface area (Å²) in [6.45, 7) is 5.55. The van der Waals surface area contributed by atoms with Crippen LogP contribution >= 0.6 is 15.9 Å². The molecular formula is C14H17BrN2O2. The number of alkyl carbamates (subject to hydrolysis) is 1. The molecule has 0 heterocycles. The van der Waals surface area contributed by atoms with E-state index >= 15 is 0 Å². The van der Waals surface area contributed by atoms with E-state index in [9.17, 15) is 4.79 Å². The van der Waals surface area contributed by atoms with Crippen LogP contribution in [0.3, 0.4) is 0 Å². The zero-order valence-corrected chi connectivity index (χ0v) is 12.8. The second-order valence-corrected chi connectivity index (χ2v) is 6.14. The largest absolute Gasteiger partial charge is 0.430 e. The number of ether oxygens (including phenoxy) is 1. The first-order chi connectivity index (χ1) is 8.80. The molecule has 1 aromatic carbocycles. The van der Waals surface area contributed by atoms with Gasteiger partial charge in [-0.1, -0.05) is 28.1 Å².